The standard InChI is InChI=1S/C15H14ClF2N3O/c1-8-5-9(2)21-14(20-8)3-4-19-15(22)10-6-13(18)11(16)7-12(10)17/h5-7H,3-4H2,1-2H3,(H,19,22). The largest absolute Gasteiger partial charge is 0.351 e. The van der Waals surface area contributed by atoms with Gasteiger partial charge in [0.1, 0.15) is 17.5 Å². The van der Waals surface area contributed by atoms with Crippen LogP contribution in [0.5, 0.6) is 0 Å². The Morgan fingerprint density at radius 1 is 1.14 bits per heavy atom. The fraction of sp³-hybridized carbons (Fsp3) is 0.267. The summed E-state index contributed by atoms with van der Waals surface area (Å²) in [7, 11) is 0. The van der Waals surface area contributed by atoms with Crippen LogP contribution in [0.2, 0.25) is 5.02 Å². The van der Waals surface area contributed by atoms with Gasteiger partial charge in [-0.15, -0.1) is 0 Å². The van der Waals surface area contributed by atoms with E-state index in [1.165, 1.54) is 0 Å². The first-order valence-electron chi connectivity index (χ1n) is 6.60. The van der Waals surface area contributed by atoms with E-state index in [2.05, 4.69) is 15.3 Å². The Bertz CT molecular complexity index is 702. The average Bonchev–Trinajstić information content (AvgIpc) is 2.41. The Morgan fingerprint density at radius 3 is 2.41 bits per heavy atom. The second-order valence-corrected chi connectivity index (χ2v) is 5.23. The van der Waals surface area contributed by atoms with Gasteiger partial charge < -0.3 is 5.32 Å². The van der Waals surface area contributed by atoms with Gasteiger partial charge >= 0.3 is 0 Å². The van der Waals surface area contributed by atoms with Gasteiger partial charge in [-0.2, -0.15) is 0 Å². The minimum atomic E-state index is -0.869. The Morgan fingerprint density at radius 2 is 1.77 bits per heavy atom. The van der Waals surface area contributed by atoms with Gasteiger partial charge in [-0.1, -0.05) is 11.6 Å². The molecule has 0 atom stereocenters. The Balaban J connectivity index is 2.00. The molecule has 2 aromatic rings. The molecule has 0 saturated heterocycles. The summed E-state index contributed by atoms with van der Waals surface area (Å²) in [5.74, 6) is -1.84. The average molecular weight is 326 g/mol. The van der Waals surface area contributed by atoms with E-state index < -0.39 is 17.5 Å². The summed E-state index contributed by atoms with van der Waals surface area (Å²) in [5, 5.41) is 2.14. The smallest absolute Gasteiger partial charge is 0.254 e. The molecule has 0 radical (unpaired) electrons. The number of aromatic nitrogens is 2. The normalized spacial score (nSPS) is 10.6. The summed E-state index contributed by atoms with van der Waals surface area (Å²) >= 11 is 5.44. The van der Waals surface area contributed by atoms with Crippen molar-refractivity contribution in [3.05, 3.63) is 57.6 Å². The van der Waals surface area contributed by atoms with Gasteiger partial charge in [0.25, 0.3) is 5.91 Å². The van der Waals surface area contributed by atoms with E-state index >= 15 is 0 Å². The number of halogens is 3. The lowest BCUT2D eigenvalue weighted by atomic mass is 10.2. The van der Waals surface area contributed by atoms with E-state index in [4.69, 9.17) is 11.6 Å². The van der Waals surface area contributed by atoms with E-state index in [0.717, 1.165) is 23.5 Å². The molecule has 22 heavy (non-hydrogen) atoms. The number of hydrogen-bond acceptors (Lipinski definition) is 3. The first-order chi connectivity index (χ1) is 10.4. The van der Waals surface area contributed by atoms with Crippen LogP contribution in [0.4, 0.5) is 8.78 Å². The number of carbonyl (C=O) groups excluding carboxylic acids is 1. The zero-order valence-electron chi connectivity index (χ0n) is 12.1. The maximum atomic E-state index is 13.6. The molecule has 0 saturated carbocycles. The van der Waals surface area contributed by atoms with Crippen molar-refractivity contribution in [1.29, 1.82) is 0 Å². The van der Waals surface area contributed by atoms with Crippen LogP contribution in [0.15, 0.2) is 18.2 Å². The maximum absolute atomic E-state index is 13.6. The summed E-state index contributed by atoms with van der Waals surface area (Å²) in [6.07, 6.45) is 0.395. The molecule has 1 aromatic heterocycles. The number of aryl methyl sites for hydroxylation is 2. The molecule has 1 heterocycles. The molecule has 0 fully saturated rings. The molecule has 1 aromatic carbocycles. The predicted molar refractivity (Wildman–Crippen MR) is 78.9 cm³/mol. The van der Waals surface area contributed by atoms with Gasteiger partial charge in [0.15, 0.2) is 0 Å². The number of amides is 1. The minimum absolute atomic E-state index is 0.214. The van der Waals surface area contributed by atoms with Crippen molar-refractivity contribution in [2.24, 2.45) is 0 Å². The molecule has 0 aliphatic rings. The molecule has 0 unspecified atom stereocenters. The Hall–Kier alpha value is -2.08. The lowest BCUT2D eigenvalue weighted by Crippen LogP contribution is -2.27. The van der Waals surface area contributed by atoms with Crippen molar-refractivity contribution < 1.29 is 13.6 Å². The highest BCUT2D eigenvalue weighted by Crippen LogP contribution is 2.19. The molecule has 0 aliphatic heterocycles. The SMILES string of the molecule is Cc1cc(C)nc(CCNC(=O)c2cc(F)c(Cl)cc2F)n1. The van der Waals surface area contributed by atoms with Crippen LogP contribution in [0.25, 0.3) is 0 Å². The molecule has 0 bridgehead atoms. The fourth-order valence-electron chi connectivity index (χ4n) is 1.99. The van der Waals surface area contributed by atoms with Crippen LogP contribution in [0.3, 0.4) is 0 Å². The number of nitrogens with one attached hydrogen (secondary N) is 1. The minimum Gasteiger partial charge on any atom is -0.351 e. The molecule has 7 heteroatoms. The first-order valence-corrected chi connectivity index (χ1v) is 6.98. The van der Waals surface area contributed by atoms with Gasteiger partial charge in [-0.25, -0.2) is 18.7 Å². The molecule has 116 valence electrons. The molecule has 2 rings (SSSR count). The van der Waals surface area contributed by atoms with Gasteiger partial charge in [-0.05, 0) is 32.0 Å². The molecule has 1 amide bonds. The number of benzene rings is 1. The molecule has 0 aliphatic carbocycles. The van der Waals surface area contributed by atoms with Crippen LogP contribution >= 0.6 is 11.6 Å². The zero-order chi connectivity index (χ0) is 16.3. The number of nitrogens with zero attached hydrogens (tertiary/aromatic N) is 2. The van der Waals surface area contributed by atoms with E-state index in [1.807, 2.05) is 19.9 Å². The second-order valence-electron chi connectivity index (χ2n) is 4.82. The van der Waals surface area contributed by atoms with E-state index in [0.29, 0.717) is 12.2 Å². The third-order valence-corrected chi connectivity index (χ3v) is 3.21. The summed E-state index contributed by atoms with van der Waals surface area (Å²) in [6, 6.07) is 3.40. The molecular formula is C15H14ClF2N3O. The van der Waals surface area contributed by atoms with Gasteiger partial charge in [0.05, 0.1) is 10.6 Å². The third-order valence-electron chi connectivity index (χ3n) is 2.92. The summed E-state index contributed by atoms with van der Waals surface area (Å²) < 4.78 is 26.9. The third kappa shape index (κ3) is 3.98. The van der Waals surface area contributed by atoms with E-state index in [-0.39, 0.29) is 17.1 Å². The molecule has 1 N–H and O–H groups in total. The lowest BCUT2D eigenvalue weighted by Gasteiger charge is -2.07. The zero-order valence-corrected chi connectivity index (χ0v) is 12.8. The van der Waals surface area contributed by atoms with E-state index in [1.54, 1.807) is 0 Å². The van der Waals surface area contributed by atoms with Gasteiger partial charge in [0.2, 0.25) is 0 Å². The summed E-state index contributed by atoms with van der Waals surface area (Å²) in [4.78, 5) is 20.3. The van der Waals surface area contributed by atoms with Crippen LogP contribution in [0, 0.1) is 25.5 Å². The van der Waals surface area contributed by atoms with Crippen molar-refractivity contribution >= 4 is 17.5 Å². The number of hydrogen-bond donors (Lipinski definition) is 1. The van der Waals surface area contributed by atoms with Crippen molar-refractivity contribution in [3.8, 4) is 0 Å². The number of carbonyl (C=O) groups is 1. The van der Waals surface area contributed by atoms with Crippen LogP contribution in [0.1, 0.15) is 27.6 Å². The highest BCUT2D eigenvalue weighted by molar-refractivity contribution is 6.30. The Kier molecular flexibility index (Phi) is 5.03. The first kappa shape index (κ1) is 16.3. The molecule has 4 nitrogen and oxygen atoms in total. The number of rotatable bonds is 4. The monoisotopic (exact) mass is 325 g/mol. The predicted octanol–water partition coefficient (Wildman–Crippen LogP) is 3.00. The van der Waals surface area contributed by atoms with Crippen LogP contribution in [-0.2, 0) is 6.42 Å². The lowest BCUT2D eigenvalue weighted by molar-refractivity contribution is 0.0949. The summed E-state index contributed by atoms with van der Waals surface area (Å²) in [6.45, 7) is 3.91. The maximum Gasteiger partial charge on any atom is 0.254 e. The molecular weight excluding hydrogens is 312 g/mol. The quantitative estimate of drug-likeness (QED) is 0.879. The van der Waals surface area contributed by atoms with Crippen molar-refractivity contribution in [3.63, 3.8) is 0 Å². The van der Waals surface area contributed by atoms with E-state index in [9.17, 15) is 13.6 Å². The molecule has 0 spiro atoms. The topological polar surface area (TPSA) is 54.9 Å². The van der Waals surface area contributed by atoms with Crippen molar-refractivity contribution in [1.82, 2.24) is 15.3 Å². The second kappa shape index (κ2) is 6.79. The Labute approximate surface area is 131 Å². The summed E-state index contributed by atoms with van der Waals surface area (Å²) in [5.41, 5.74) is 1.28. The fourth-order valence-corrected chi connectivity index (χ4v) is 2.14. The highest BCUT2D eigenvalue weighted by Gasteiger charge is 2.15. The van der Waals surface area contributed by atoms with Crippen LogP contribution < -0.4 is 5.32 Å². The van der Waals surface area contributed by atoms with Crippen LogP contribution in [-0.4, -0.2) is 22.4 Å². The van der Waals surface area contributed by atoms with Crippen molar-refractivity contribution in [2.45, 2.75) is 20.3 Å². The van der Waals surface area contributed by atoms with Crippen molar-refractivity contribution in [2.75, 3.05) is 6.54 Å². The highest BCUT2D eigenvalue weighted by atomic mass is 35.5. The van der Waals surface area contributed by atoms with Gasteiger partial charge in [0, 0.05) is 24.4 Å². The van der Waals surface area contributed by atoms with Gasteiger partial charge in [-0.3, -0.25) is 4.79 Å².